The maximum absolute atomic E-state index is 13.8. The Bertz CT molecular complexity index is 824. The lowest BCUT2D eigenvalue weighted by Crippen LogP contribution is -2.17. The number of nitrogens with zero attached hydrogens (tertiary/aromatic N) is 4. The quantitative estimate of drug-likeness (QED) is 0.335. The minimum absolute atomic E-state index is 0.111. The molecule has 0 atom stereocenters. The van der Waals surface area contributed by atoms with Crippen LogP contribution in [0.15, 0.2) is 47.7 Å². The Kier molecular flexibility index (Phi) is 5.24. The predicted molar refractivity (Wildman–Crippen MR) is 89.3 cm³/mol. The van der Waals surface area contributed by atoms with Crippen molar-refractivity contribution in [2.45, 2.75) is 20.4 Å². The molecule has 7 heteroatoms. The molecule has 0 bridgehead atoms. The van der Waals surface area contributed by atoms with E-state index < -0.39 is 0 Å². The average molecular weight is 314 g/mol. The van der Waals surface area contributed by atoms with E-state index in [2.05, 4.69) is 15.2 Å². The number of hydrazone groups is 1. The highest BCUT2D eigenvalue weighted by Gasteiger charge is 2.15. The van der Waals surface area contributed by atoms with Crippen LogP contribution in [0.3, 0.4) is 0 Å². The van der Waals surface area contributed by atoms with Crippen LogP contribution in [0.2, 0.25) is 0 Å². The summed E-state index contributed by atoms with van der Waals surface area (Å²) in [6, 6.07) is 10.1. The minimum atomic E-state index is -0.293. The second kappa shape index (κ2) is 7.35. The van der Waals surface area contributed by atoms with Gasteiger partial charge in [-0.3, -0.25) is 0 Å². The fourth-order valence-corrected chi connectivity index (χ4v) is 2.16. The normalized spacial score (nSPS) is 11.2. The molecule has 6 nitrogen and oxygen atoms in total. The van der Waals surface area contributed by atoms with Gasteiger partial charge in [-0.15, -0.1) is 0 Å². The summed E-state index contributed by atoms with van der Waals surface area (Å²) in [5, 5.41) is 8.53. The second-order valence-electron chi connectivity index (χ2n) is 4.49. The molecule has 2 heterocycles. The maximum Gasteiger partial charge on any atom is 0.171 e. The fourth-order valence-electron chi connectivity index (χ4n) is 2.16. The van der Waals surface area contributed by atoms with E-state index in [0.29, 0.717) is 16.9 Å². The molecule has 1 aromatic carbocycles. The smallest absolute Gasteiger partial charge is 0.171 e. The molecule has 120 valence electrons. The van der Waals surface area contributed by atoms with Crippen molar-refractivity contribution in [2.75, 3.05) is 0 Å². The Morgan fingerprint density at radius 3 is 2.65 bits per heavy atom. The summed E-state index contributed by atoms with van der Waals surface area (Å²) in [6.07, 6.45) is 1.64. The molecule has 3 rings (SSSR count). The summed E-state index contributed by atoms with van der Waals surface area (Å²) in [5.41, 5.74) is 7.30. The highest BCUT2D eigenvalue weighted by atomic mass is 19.1. The van der Waals surface area contributed by atoms with E-state index in [-0.39, 0.29) is 18.2 Å². The molecule has 0 amide bonds. The van der Waals surface area contributed by atoms with Crippen molar-refractivity contribution in [1.29, 1.82) is 0 Å². The third kappa shape index (κ3) is 3.28. The summed E-state index contributed by atoms with van der Waals surface area (Å²) in [7, 11) is 0. The Hall–Kier alpha value is -2.96. The average Bonchev–Trinajstić information content (AvgIpc) is 2.97. The number of hydrogen-bond donors (Lipinski definition) is 2. The van der Waals surface area contributed by atoms with E-state index in [9.17, 15) is 4.39 Å². The molecule has 0 aliphatic rings. The Morgan fingerprint density at radius 2 is 1.96 bits per heavy atom. The van der Waals surface area contributed by atoms with Gasteiger partial charge in [0.2, 0.25) is 0 Å². The van der Waals surface area contributed by atoms with Gasteiger partial charge in [0, 0.05) is 11.8 Å². The lowest BCUT2D eigenvalue weighted by Gasteiger charge is -2.04. The Labute approximate surface area is 133 Å². The number of fused-ring (bicyclic) bond motifs is 1. The Morgan fingerprint density at radius 1 is 1.22 bits per heavy atom. The standard InChI is InChI=1S/C14H13FN6.C2H6/c15-11-6-2-1-4-9(11)8-21-14-10(5-3-7-18-14)12(20-21)13(16)19-17;1-2/h1-7H,8,17H2,(H2,16,19);1-2H3. The molecule has 3 aromatic rings. The third-order valence-electron chi connectivity index (χ3n) is 3.17. The molecule has 0 saturated carbocycles. The van der Waals surface area contributed by atoms with Gasteiger partial charge in [-0.1, -0.05) is 32.0 Å². The summed E-state index contributed by atoms with van der Waals surface area (Å²) < 4.78 is 15.4. The molecule has 0 spiro atoms. The first-order valence-corrected chi connectivity index (χ1v) is 7.29. The lowest BCUT2D eigenvalue weighted by molar-refractivity contribution is 0.589. The molecule has 2 aromatic heterocycles. The number of aromatic nitrogens is 3. The van der Waals surface area contributed by atoms with Crippen molar-refractivity contribution in [3.05, 3.63) is 59.7 Å². The van der Waals surface area contributed by atoms with Gasteiger partial charge in [-0.25, -0.2) is 14.1 Å². The van der Waals surface area contributed by atoms with E-state index in [1.54, 1.807) is 35.1 Å². The van der Waals surface area contributed by atoms with Crippen LogP contribution < -0.4 is 11.6 Å². The first-order chi connectivity index (χ1) is 11.2. The number of pyridine rings is 1. The first kappa shape index (κ1) is 16.4. The molecular weight excluding hydrogens is 295 g/mol. The van der Waals surface area contributed by atoms with Crippen molar-refractivity contribution >= 4 is 16.9 Å². The largest absolute Gasteiger partial charge is 0.380 e. The van der Waals surface area contributed by atoms with Crippen LogP contribution >= 0.6 is 0 Å². The summed E-state index contributed by atoms with van der Waals surface area (Å²) in [5.74, 6) is 5.03. The molecular formula is C16H19FN6. The van der Waals surface area contributed by atoms with Gasteiger partial charge in [0.05, 0.1) is 11.9 Å². The van der Waals surface area contributed by atoms with Gasteiger partial charge in [0.15, 0.2) is 11.5 Å². The Balaban J connectivity index is 0.000000924. The second-order valence-corrected chi connectivity index (χ2v) is 4.49. The van der Waals surface area contributed by atoms with E-state index in [1.165, 1.54) is 6.07 Å². The maximum atomic E-state index is 13.8. The molecule has 0 radical (unpaired) electrons. The predicted octanol–water partition coefficient (Wildman–Crippen LogP) is 2.22. The molecule has 0 saturated heterocycles. The number of amidine groups is 1. The lowest BCUT2D eigenvalue weighted by atomic mass is 10.2. The number of hydrogen-bond acceptors (Lipinski definition) is 4. The van der Waals surface area contributed by atoms with Crippen LogP contribution in [-0.4, -0.2) is 20.6 Å². The molecule has 4 N–H and O–H groups in total. The van der Waals surface area contributed by atoms with Crippen LogP contribution in [0.25, 0.3) is 11.0 Å². The van der Waals surface area contributed by atoms with Gasteiger partial charge in [-0.2, -0.15) is 10.2 Å². The van der Waals surface area contributed by atoms with Gasteiger partial charge >= 0.3 is 0 Å². The zero-order chi connectivity index (χ0) is 16.8. The zero-order valence-corrected chi connectivity index (χ0v) is 13.1. The van der Waals surface area contributed by atoms with Crippen LogP contribution in [0.1, 0.15) is 25.1 Å². The van der Waals surface area contributed by atoms with Crippen molar-refractivity contribution in [1.82, 2.24) is 14.8 Å². The van der Waals surface area contributed by atoms with E-state index >= 15 is 0 Å². The summed E-state index contributed by atoms with van der Waals surface area (Å²) >= 11 is 0. The van der Waals surface area contributed by atoms with Crippen molar-refractivity contribution in [2.24, 2.45) is 16.7 Å². The molecule has 0 aliphatic carbocycles. The first-order valence-electron chi connectivity index (χ1n) is 7.29. The van der Waals surface area contributed by atoms with Gasteiger partial charge in [0.25, 0.3) is 0 Å². The molecule has 0 aliphatic heterocycles. The van der Waals surface area contributed by atoms with Gasteiger partial charge in [-0.05, 0) is 18.2 Å². The van der Waals surface area contributed by atoms with Crippen LogP contribution in [0.4, 0.5) is 4.39 Å². The zero-order valence-electron chi connectivity index (χ0n) is 13.1. The molecule has 23 heavy (non-hydrogen) atoms. The van der Waals surface area contributed by atoms with Gasteiger partial charge < -0.3 is 11.6 Å². The fraction of sp³-hybridized carbons (Fsp3) is 0.188. The summed E-state index contributed by atoms with van der Waals surface area (Å²) in [6.45, 7) is 4.25. The molecule has 0 unspecified atom stereocenters. The summed E-state index contributed by atoms with van der Waals surface area (Å²) in [4.78, 5) is 4.27. The van der Waals surface area contributed by atoms with E-state index in [0.717, 1.165) is 5.39 Å². The highest BCUT2D eigenvalue weighted by Crippen LogP contribution is 2.18. The monoisotopic (exact) mass is 314 g/mol. The van der Waals surface area contributed by atoms with Crippen LogP contribution in [0.5, 0.6) is 0 Å². The van der Waals surface area contributed by atoms with Crippen LogP contribution in [0, 0.1) is 5.82 Å². The highest BCUT2D eigenvalue weighted by molar-refractivity contribution is 6.06. The van der Waals surface area contributed by atoms with E-state index in [1.807, 2.05) is 19.9 Å². The van der Waals surface area contributed by atoms with Crippen LogP contribution in [-0.2, 0) is 6.54 Å². The van der Waals surface area contributed by atoms with Crippen molar-refractivity contribution < 1.29 is 4.39 Å². The number of benzene rings is 1. The topological polar surface area (TPSA) is 95.1 Å². The number of rotatable bonds is 3. The van der Waals surface area contributed by atoms with E-state index in [4.69, 9.17) is 11.6 Å². The number of halogens is 1. The van der Waals surface area contributed by atoms with Gasteiger partial charge in [0.1, 0.15) is 11.5 Å². The third-order valence-corrected chi connectivity index (χ3v) is 3.17. The van der Waals surface area contributed by atoms with Crippen molar-refractivity contribution in [3.63, 3.8) is 0 Å². The number of nitrogens with two attached hydrogens (primary N) is 2. The minimum Gasteiger partial charge on any atom is -0.380 e. The molecule has 0 fully saturated rings. The SMILES string of the molecule is CC.N/N=C(\N)c1nn(Cc2ccccc2F)c2ncccc12. The van der Waals surface area contributed by atoms with Crippen molar-refractivity contribution in [3.8, 4) is 0 Å².